The molecule has 0 spiro atoms. The predicted octanol–water partition coefficient (Wildman–Crippen LogP) is 0.553. The highest BCUT2D eigenvalue weighted by molar-refractivity contribution is 5.78. The Kier molecular flexibility index (Phi) is 2.73. The van der Waals surface area contributed by atoms with Crippen LogP contribution in [0, 0.1) is 0 Å². The summed E-state index contributed by atoms with van der Waals surface area (Å²) in [5.74, 6) is 0.0743. The van der Waals surface area contributed by atoms with Gasteiger partial charge in [0.15, 0.2) is 0 Å². The van der Waals surface area contributed by atoms with E-state index in [1.54, 1.807) is 0 Å². The first-order valence-corrected chi connectivity index (χ1v) is 5.69. The molecule has 1 amide bonds. The lowest BCUT2D eigenvalue weighted by Crippen LogP contribution is -2.53. The molecule has 1 unspecified atom stereocenters. The fraction of sp³-hybridized carbons (Fsp3) is 0.909. The minimum atomic E-state index is -0.222. The summed E-state index contributed by atoms with van der Waals surface area (Å²) < 4.78 is 5.29. The molecule has 3 N–H and O–H groups in total. The molecule has 0 aromatic carbocycles. The van der Waals surface area contributed by atoms with Gasteiger partial charge < -0.3 is 15.8 Å². The zero-order valence-electron chi connectivity index (χ0n) is 9.34. The van der Waals surface area contributed by atoms with Gasteiger partial charge >= 0.3 is 0 Å². The molecule has 0 radical (unpaired) electrons. The number of hydrogen-bond donors (Lipinski definition) is 2. The Labute approximate surface area is 90.5 Å². The second kappa shape index (κ2) is 3.76. The SMILES string of the molecule is CC1(NC(=O)CC2(N)CCC2)CCOC1. The van der Waals surface area contributed by atoms with E-state index in [0.29, 0.717) is 13.0 Å². The van der Waals surface area contributed by atoms with E-state index in [9.17, 15) is 4.79 Å². The molecule has 1 saturated heterocycles. The van der Waals surface area contributed by atoms with E-state index in [2.05, 4.69) is 5.32 Å². The van der Waals surface area contributed by atoms with Crippen molar-refractivity contribution >= 4 is 5.91 Å². The molecule has 86 valence electrons. The molecule has 4 nitrogen and oxygen atoms in total. The first kappa shape index (κ1) is 10.9. The lowest BCUT2D eigenvalue weighted by molar-refractivity contribution is -0.124. The van der Waals surface area contributed by atoms with Crippen molar-refractivity contribution in [2.24, 2.45) is 5.73 Å². The van der Waals surface area contributed by atoms with E-state index in [4.69, 9.17) is 10.5 Å². The maximum atomic E-state index is 11.8. The Morgan fingerprint density at radius 1 is 1.47 bits per heavy atom. The van der Waals surface area contributed by atoms with E-state index in [1.807, 2.05) is 6.92 Å². The third-order valence-electron chi connectivity index (χ3n) is 3.52. The van der Waals surface area contributed by atoms with Crippen LogP contribution in [0.15, 0.2) is 0 Å². The van der Waals surface area contributed by atoms with Crippen LogP contribution < -0.4 is 11.1 Å². The molecule has 1 atom stereocenters. The van der Waals surface area contributed by atoms with Crippen molar-refractivity contribution in [1.29, 1.82) is 0 Å². The first-order valence-electron chi connectivity index (χ1n) is 5.69. The fourth-order valence-electron chi connectivity index (χ4n) is 2.27. The van der Waals surface area contributed by atoms with Gasteiger partial charge in [-0.25, -0.2) is 0 Å². The Hall–Kier alpha value is -0.610. The molecule has 1 saturated carbocycles. The summed E-state index contributed by atoms with van der Waals surface area (Å²) in [6.07, 6.45) is 4.48. The van der Waals surface area contributed by atoms with Crippen LogP contribution in [0.4, 0.5) is 0 Å². The largest absolute Gasteiger partial charge is 0.379 e. The predicted molar refractivity (Wildman–Crippen MR) is 57.4 cm³/mol. The monoisotopic (exact) mass is 212 g/mol. The Morgan fingerprint density at radius 3 is 2.67 bits per heavy atom. The van der Waals surface area contributed by atoms with Crippen molar-refractivity contribution in [3.8, 4) is 0 Å². The number of ether oxygens (including phenoxy) is 1. The number of hydrogen-bond acceptors (Lipinski definition) is 3. The first-order chi connectivity index (χ1) is 7.02. The van der Waals surface area contributed by atoms with Crippen LogP contribution >= 0.6 is 0 Å². The van der Waals surface area contributed by atoms with Gasteiger partial charge in [-0.15, -0.1) is 0 Å². The van der Waals surface area contributed by atoms with Crippen LogP contribution in [0.2, 0.25) is 0 Å². The highest BCUT2D eigenvalue weighted by Crippen LogP contribution is 2.32. The minimum absolute atomic E-state index is 0.0743. The van der Waals surface area contributed by atoms with Crippen LogP contribution in [-0.4, -0.2) is 30.2 Å². The van der Waals surface area contributed by atoms with Crippen molar-refractivity contribution in [1.82, 2.24) is 5.32 Å². The molecule has 2 aliphatic rings. The molecule has 1 aliphatic heterocycles. The number of carbonyl (C=O) groups excluding carboxylic acids is 1. The van der Waals surface area contributed by atoms with Crippen molar-refractivity contribution in [2.75, 3.05) is 13.2 Å². The maximum Gasteiger partial charge on any atom is 0.222 e. The lowest BCUT2D eigenvalue weighted by atomic mass is 9.75. The molecule has 0 bridgehead atoms. The summed E-state index contributed by atoms with van der Waals surface area (Å²) >= 11 is 0. The molecular weight excluding hydrogens is 192 g/mol. The summed E-state index contributed by atoms with van der Waals surface area (Å²) in [5, 5.41) is 3.04. The summed E-state index contributed by atoms with van der Waals surface area (Å²) in [7, 11) is 0. The third-order valence-corrected chi connectivity index (χ3v) is 3.52. The molecule has 15 heavy (non-hydrogen) atoms. The zero-order valence-corrected chi connectivity index (χ0v) is 9.34. The topological polar surface area (TPSA) is 64.4 Å². The molecule has 1 aliphatic carbocycles. The van der Waals surface area contributed by atoms with Gasteiger partial charge in [0.1, 0.15) is 0 Å². The van der Waals surface area contributed by atoms with E-state index in [1.165, 1.54) is 0 Å². The molecule has 4 heteroatoms. The van der Waals surface area contributed by atoms with Gasteiger partial charge in [-0.3, -0.25) is 4.79 Å². The summed E-state index contributed by atoms with van der Waals surface area (Å²) in [6, 6.07) is 0. The average Bonchev–Trinajstić information content (AvgIpc) is 2.48. The number of nitrogens with two attached hydrogens (primary N) is 1. The van der Waals surface area contributed by atoms with Crippen LogP contribution in [0.1, 0.15) is 39.0 Å². The lowest BCUT2D eigenvalue weighted by Gasteiger charge is -2.38. The number of amides is 1. The van der Waals surface area contributed by atoms with Crippen LogP contribution in [0.5, 0.6) is 0 Å². The summed E-state index contributed by atoms with van der Waals surface area (Å²) in [6.45, 7) is 3.39. The smallest absolute Gasteiger partial charge is 0.222 e. The molecule has 2 fully saturated rings. The summed E-state index contributed by atoms with van der Waals surface area (Å²) in [4.78, 5) is 11.8. The van der Waals surface area contributed by atoms with Crippen molar-refractivity contribution in [3.05, 3.63) is 0 Å². The maximum absolute atomic E-state index is 11.8. The standard InChI is InChI=1S/C11H20N2O2/c1-10(5-6-15-8-10)13-9(14)7-11(12)3-2-4-11/h2-8,12H2,1H3,(H,13,14). The van der Waals surface area contributed by atoms with Crippen molar-refractivity contribution < 1.29 is 9.53 Å². The zero-order chi connectivity index (χ0) is 10.9. The fourth-order valence-corrected chi connectivity index (χ4v) is 2.27. The van der Waals surface area contributed by atoms with E-state index < -0.39 is 0 Å². The van der Waals surface area contributed by atoms with E-state index in [0.717, 1.165) is 32.3 Å². The quantitative estimate of drug-likeness (QED) is 0.718. The third kappa shape index (κ3) is 2.49. The molecule has 1 heterocycles. The van der Waals surface area contributed by atoms with Crippen LogP contribution in [-0.2, 0) is 9.53 Å². The average molecular weight is 212 g/mol. The van der Waals surface area contributed by atoms with Crippen LogP contribution in [0.25, 0.3) is 0 Å². The van der Waals surface area contributed by atoms with Gasteiger partial charge in [0, 0.05) is 18.6 Å². The molecule has 0 aromatic rings. The number of rotatable bonds is 3. The van der Waals surface area contributed by atoms with Gasteiger partial charge in [0.25, 0.3) is 0 Å². The highest BCUT2D eigenvalue weighted by atomic mass is 16.5. The van der Waals surface area contributed by atoms with E-state index in [-0.39, 0.29) is 17.0 Å². The molecule has 2 rings (SSSR count). The van der Waals surface area contributed by atoms with Crippen LogP contribution in [0.3, 0.4) is 0 Å². The Bertz CT molecular complexity index is 255. The number of nitrogens with one attached hydrogen (secondary N) is 1. The molecule has 0 aromatic heterocycles. The van der Waals surface area contributed by atoms with Gasteiger partial charge in [-0.05, 0) is 32.6 Å². The normalized spacial score (nSPS) is 33.5. The number of carbonyl (C=O) groups is 1. The molecular formula is C11H20N2O2. The van der Waals surface area contributed by atoms with E-state index >= 15 is 0 Å². The minimum Gasteiger partial charge on any atom is -0.379 e. The van der Waals surface area contributed by atoms with Crippen molar-refractivity contribution in [2.45, 2.75) is 50.1 Å². The Morgan fingerprint density at radius 2 is 2.20 bits per heavy atom. The van der Waals surface area contributed by atoms with Gasteiger partial charge in [-0.2, -0.15) is 0 Å². The van der Waals surface area contributed by atoms with Gasteiger partial charge in [-0.1, -0.05) is 0 Å². The van der Waals surface area contributed by atoms with Gasteiger partial charge in [0.2, 0.25) is 5.91 Å². The van der Waals surface area contributed by atoms with Crippen molar-refractivity contribution in [3.63, 3.8) is 0 Å². The van der Waals surface area contributed by atoms with Gasteiger partial charge in [0.05, 0.1) is 12.1 Å². The summed E-state index contributed by atoms with van der Waals surface area (Å²) in [5.41, 5.74) is 5.64. The highest BCUT2D eigenvalue weighted by Gasteiger charge is 2.37. The Balaban J connectivity index is 1.81. The second-order valence-electron chi connectivity index (χ2n) is 5.30. The second-order valence-corrected chi connectivity index (χ2v) is 5.30.